The molecule has 7 heteroatoms. The van der Waals surface area contributed by atoms with Crippen LogP contribution in [-0.4, -0.2) is 62.5 Å². The summed E-state index contributed by atoms with van der Waals surface area (Å²) in [4.78, 5) is 4.25. The fourth-order valence-electron chi connectivity index (χ4n) is 2.33. The van der Waals surface area contributed by atoms with Crippen molar-refractivity contribution in [3.05, 3.63) is 0 Å². The van der Waals surface area contributed by atoms with E-state index in [1.807, 2.05) is 0 Å². The van der Waals surface area contributed by atoms with Crippen LogP contribution in [0, 0.1) is 0 Å². The van der Waals surface area contributed by atoms with E-state index in [-0.39, 0.29) is 30.1 Å². The molecule has 2 N–H and O–H groups in total. The number of guanidine groups is 1. The van der Waals surface area contributed by atoms with Gasteiger partial charge >= 0.3 is 0 Å². The van der Waals surface area contributed by atoms with Crippen molar-refractivity contribution in [2.75, 3.05) is 45.7 Å². The molecule has 0 bridgehead atoms. The van der Waals surface area contributed by atoms with Crippen molar-refractivity contribution in [2.45, 2.75) is 30.6 Å². The van der Waals surface area contributed by atoms with Crippen molar-refractivity contribution >= 4 is 41.7 Å². The summed E-state index contributed by atoms with van der Waals surface area (Å²) in [6.45, 7) is 6.08. The van der Waals surface area contributed by atoms with Gasteiger partial charge in [-0.3, -0.25) is 4.99 Å². The summed E-state index contributed by atoms with van der Waals surface area (Å²) in [5.74, 6) is 2.13. The van der Waals surface area contributed by atoms with Crippen LogP contribution in [0.15, 0.2) is 4.99 Å². The molecule has 118 valence electrons. The van der Waals surface area contributed by atoms with Crippen LogP contribution in [0.1, 0.15) is 19.8 Å². The number of halogens is 1. The topological polar surface area (TPSA) is 54.9 Å². The summed E-state index contributed by atoms with van der Waals surface area (Å²) >= 11 is 2.05. The maximum absolute atomic E-state index is 5.60. The molecule has 5 nitrogen and oxygen atoms in total. The Bertz CT molecular complexity index is 306. The Morgan fingerprint density at radius 1 is 1.40 bits per heavy atom. The SMILES string of the molecule is CN=C(NCC1COCCO1)NCC1(C)CCCS1.I. The first-order valence-electron chi connectivity index (χ1n) is 7.00. The molecule has 2 heterocycles. The molecule has 2 fully saturated rings. The zero-order valence-corrected chi connectivity index (χ0v) is 15.5. The second-order valence-corrected chi connectivity index (χ2v) is 6.96. The molecule has 20 heavy (non-hydrogen) atoms. The summed E-state index contributed by atoms with van der Waals surface area (Å²) in [6.07, 6.45) is 2.73. The largest absolute Gasteiger partial charge is 0.376 e. The molecule has 2 aliphatic heterocycles. The molecule has 2 saturated heterocycles. The summed E-state index contributed by atoms with van der Waals surface area (Å²) < 4.78 is 11.3. The summed E-state index contributed by atoms with van der Waals surface area (Å²) in [6, 6.07) is 0. The van der Waals surface area contributed by atoms with Gasteiger partial charge in [0.05, 0.1) is 25.9 Å². The minimum Gasteiger partial charge on any atom is -0.376 e. The lowest BCUT2D eigenvalue weighted by Gasteiger charge is -2.26. The quantitative estimate of drug-likeness (QED) is 0.414. The second-order valence-electron chi connectivity index (χ2n) is 5.28. The lowest BCUT2D eigenvalue weighted by molar-refractivity contribution is -0.0850. The fraction of sp³-hybridized carbons (Fsp3) is 0.923. The third-order valence-corrected chi connectivity index (χ3v) is 5.07. The first kappa shape index (κ1) is 18.3. The van der Waals surface area contributed by atoms with E-state index in [0.717, 1.165) is 19.0 Å². The number of hydrogen-bond acceptors (Lipinski definition) is 4. The maximum Gasteiger partial charge on any atom is 0.191 e. The van der Waals surface area contributed by atoms with Crippen LogP contribution in [0.2, 0.25) is 0 Å². The van der Waals surface area contributed by atoms with Crippen molar-refractivity contribution in [2.24, 2.45) is 4.99 Å². The van der Waals surface area contributed by atoms with Gasteiger partial charge < -0.3 is 20.1 Å². The monoisotopic (exact) mass is 415 g/mol. The molecule has 0 saturated carbocycles. The molecule has 0 radical (unpaired) electrons. The van der Waals surface area contributed by atoms with Gasteiger partial charge in [0.1, 0.15) is 0 Å². The third-order valence-electron chi connectivity index (χ3n) is 3.54. The highest BCUT2D eigenvalue weighted by Gasteiger charge is 2.29. The molecule has 0 amide bonds. The van der Waals surface area contributed by atoms with Gasteiger partial charge in [-0.05, 0) is 25.5 Å². The predicted octanol–water partition coefficient (Wildman–Crippen LogP) is 1.47. The van der Waals surface area contributed by atoms with Crippen molar-refractivity contribution < 1.29 is 9.47 Å². The molecule has 0 spiro atoms. The Morgan fingerprint density at radius 3 is 2.85 bits per heavy atom. The number of ether oxygens (including phenoxy) is 2. The van der Waals surface area contributed by atoms with Gasteiger partial charge in [0.2, 0.25) is 0 Å². The first-order chi connectivity index (χ1) is 9.22. The molecule has 0 aromatic heterocycles. The van der Waals surface area contributed by atoms with Crippen LogP contribution in [0.4, 0.5) is 0 Å². The summed E-state index contributed by atoms with van der Waals surface area (Å²) in [5, 5.41) is 6.72. The molecule has 0 aliphatic carbocycles. The smallest absolute Gasteiger partial charge is 0.191 e. The zero-order chi connectivity index (χ0) is 13.6. The maximum atomic E-state index is 5.60. The van der Waals surface area contributed by atoms with E-state index in [4.69, 9.17) is 9.47 Å². The van der Waals surface area contributed by atoms with Gasteiger partial charge in [-0.15, -0.1) is 24.0 Å². The van der Waals surface area contributed by atoms with Crippen LogP contribution in [0.25, 0.3) is 0 Å². The number of nitrogens with one attached hydrogen (secondary N) is 2. The van der Waals surface area contributed by atoms with Crippen LogP contribution in [-0.2, 0) is 9.47 Å². The molecule has 2 rings (SSSR count). The van der Waals surface area contributed by atoms with Crippen molar-refractivity contribution in [1.82, 2.24) is 10.6 Å². The molecule has 2 aliphatic rings. The van der Waals surface area contributed by atoms with E-state index in [1.54, 1.807) is 7.05 Å². The molecule has 0 aromatic carbocycles. The second kappa shape index (κ2) is 9.32. The highest BCUT2D eigenvalue weighted by molar-refractivity contribution is 14.0. The van der Waals surface area contributed by atoms with E-state index in [0.29, 0.717) is 24.6 Å². The predicted molar refractivity (Wildman–Crippen MR) is 95.4 cm³/mol. The van der Waals surface area contributed by atoms with Crippen LogP contribution in [0.3, 0.4) is 0 Å². The number of rotatable bonds is 4. The number of nitrogens with zero attached hydrogens (tertiary/aromatic N) is 1. The van der Waals surface area contributed by atoms with Crippen LogP contribution in [0.5, 0.6) is 0 Å². The van der Waals surface area contributed by atoms with E-state index in [1.165, 1.54) is 18.6 Å². The Morgan fingerprint density at radius 2 is 2.25 bits per heavy atom. The highest BCUT2D eigenvalue weighted by atomic mass is 127. The zero-order valence-electron chi connectivity index (χ0n) is 12.3. The summed E-state index contributed by atoms with van der Waals surface area (Å²) in [5.41, 5.74) is 0. The molecular formula is C13H26IN3O2S. The van der Waals surface area contributed by atoms with E-state index < -0.39 is 0 Å². The lowest BCUT2D eigenvalue weighted by atomic mass is 10.1. The van der Waals surface area contributed by atoms with Crippen LogP contribution < -0.4 is 10.6 Å². The Kier molecular flexibility index (Phi) is 8.54. The van der Waals surface area contributed by atoms with E-state index in [2.05, 4.69) is 34.3 Å². The molecule has 2 atom stereocenters. The van der Waals surface area contributed by atoms with Crippen molar-refractivity contribution in [3.8, 4) is 0 Å². The summed E-state index contributed by atoms with van der Waals surface area (Å²) in [7, 11) is 1.80. The molecular weight excluding hydrogens is 389 g/mol. The van der Waals surface area contributed by atoms with Crippen molar-refractivity contribution in [1.29, 1.82) is 0 Å². The Labute approximate surface area is 143 Å². The fourth-order valence-corrected chi connectivity index (χ4v) is 3.58. The highest BCUT2D eigenvalue weighted by Crippen LogP contribution is 2.36. The number of hydrogen-bond donors (Lipinski definition) is 2. The van der Waals surface area contributed by atoms with Gasteiger partial charge in [0.25, 0.3) is 0 Å². The average Bonchev–Trinajstić information content (AvgIpc) is 2.87. The average molecular weight is 415 g/mol. The van der Waals surface area contributed by atoms with Crippen LogP contribution >= 0.6 is 35.7 Å². The lowest BCUT2D eigenvalue weighted by Crippen LogP contribution is -2.47. The minimum atomic E-state index is 0. The Balaban J connectivity index is 0.00000200. The van der Waals surface area contributed by atoms with E-state index >= 15 is 0 Å². The Hall–Kier alpha value is 0.270. The molecule has 2 unspecified atom stereocenters. The number of aliphatic imine (C=N–C) groups is 1. The van der Waals surface area contributed by atoms with Gasteiger partial charge in [-0.1, -0.05) is 0 Å². The normalized spacial score (nSPS) is 30.7. The number of thioether (sulfide) groups is 1. The van der Waals surface area contributed by atoms with Gasteiger partial charge in [0, 0.05) is 24.9 Å². The minimum absolute atomic E-state index is 0. The first-order valence-corrected chi connectivity index (χ1v) is 7.98. The van der Waals surface area contributed by atoms with E-state index in [9.17, 15) is 0 Å². The third kappa shape index (κ3) is 5.95. The standard InChI is InChI=1S/C13H25N3O2S.HI/c1-13(4-3-7-19-13)10-16-12(14-2)15-8-11-9-17-5-6-18-11;/h11H,3-10H2,1-2H3,(H2,14,15,16);1H. The van der Waals surface area contributed by atoms with Gasteiger partial charge in [0.15, 0.2) is 5.96 Å². The van der Waals surface area contributed by atoms with Gasteiger partial charge in [-0.2, -0.15) is 11.8 Å². The molecule has 0 aromatic rings. The van der Waals surface area contributed by atoms with Gasteiger partial charge in [-0.25, -0.2) is 0 Å². The van der Waals surface area contributed by atoms with Crippen molar-refractivity contribution in [3.63, 3.8) is 0 Å².